The number of carbonyl (C=O) groups excluding carboxylic acids is 1. The Hall–Kier alpha value is -2.38. The SMILES string of the molecule is Cc1ccc(OCC(=O)Nc2ccc(S(=O)(=O)N3CCCC(C)C3)cc2)cc1C. The van der Waals surface area contributed by atoms with Gasteiger partial charge in [0.1, 0.15) is 5.75 Å². The Balaban J connectivity index is 1.58. The molecule has 1 amide bonds. The van der Waals surface area contributed by atoms with E-state index in [2.05, 4.69) is 12.2 Å². The monoisotopic (exact) mass is 416 g/mol. The lowest BCUT2D eigenvalue weighted by molar-refractivity contribution is -0.118. The second kappa shape index (κ2) is 8.97. The van der Waals surface area contributed by atoms with Crippen LogP contribution in [0.15, 0.2) is 47.4 Å². The number of ether oxygens (including phenoxy) is 1. The van der Waals surface area contributed by atoms with Crippen LogP contribution in [0.5, 0.6) is 5.75 Å². The highest BCUT2D eigenvalue weighted by atomic mass is 32.2. The molecular formula is C22H28N2O4S. The summed E-state index contributed by atoms with van der Waals surface area (Å²) >= 11 is 0. The van der Waals surface area contributed by atoms with E-state index in [1.807, 2.05) is 32.0 Å². The van der Waals surface area contributed by atoms with E-state index in [4.69, 9.17) is 4.74 Å². The predicted molar refractivity (Wildman–Crippen MR) is 114 cm³/mol. The second-order valence-electron chi connectivity index (χ2n) is 7.72. The van der Waals surface area contributed by atoms with E-state index < -0.39 is 10.0 Å². The van der Waals surface area contributed by atoms with E-state index in [0.29, 0.717) is 30.4 Å². The lowest BCUT2D eigenvalue weighted by Gasteiger charge is -2.30. The van der Waals surface area contributed by atoms with Crippen molar-refractivity contribution in [2.24, 2.45) is 5.92 Å². The number of anilines is 1. The molecule has 29 heavy (non-hydrogen) atoms. The Kier molecular flexibility index (Phi) is 6.59. The van der Waals surface area contributed by atoms with Gasteiger partial charge in [-0.2, -0.15) is 4.31 Å². The van der Waals surface area contributed by atoms with E-state index in [9.17, 15) is 13.2 Å². The molecule has 156 valence electrons. The first-order chi connectivity index (χ1) is 13.8. The number of hydrogen-bond acceptors (Lipinski definition) is 4. The number of nitrogens with zero attached hydrogens (tertiary/aromatic N) is 1. The van der Waals surface area contributed by atoms with Crippen molar-refractivity contribution < 1.29 is 17.9 Å². The highest BCUT2D eigenvalue weighted by molar-refractivity contribution is 7.89. The number of carbonyl (C=O) groups is 1. The summed E-state index contributed by atoms with van der Waals surface area (Å²) in [5.74, 6) is 0.707. The van der Waals surface area contributed by atoms with Gasteiger partial charge in [-0.1, -0.05) is 13.0 Å². The molecule has 3 rings (SSSR count). The highest BCUT2D eigenvalue weighted by Crippen LogP contribution is 2.24. The topological polar surface area (TPSA) is 75.7 Å². The van der Waals surface area contributed by atoms with Gasteiger partial charge in [-0.05, 0) is 80.1 Å². The lowest BCUT2D eigenvalue weighted by Crippen LogP contribution is -2.39. The summed E-state index contributed by atoms with van der Waals surface area (Å²) in [6, 6.07) is 12.0. The summed E-state index contributed by atoms with van der Waals surface area (Å²) < 4.78 is 32.7. The third-order valence-electron chi connectivity index (χ3n) is 5.24. The molecule has 0 spiro atoms. The van der Waals surface area contributed by atoms with Gasteiger partial charge in [0.2, 0.25) is 10.0 Å². The molecule has 1 atom stereocenters. The van der Waals surface area contributed by atoms with Crippen molar-refractivity contribution >= 4 is 21.6 Å². The van der Waals surface area contributed by atoms with Crippen molar-refractivity contribution in [2.75, 3.05) is 25.0 Å². The Morgan fingerprint density at radius 2 is 1.86 bits per heavy atom. The fraction of sp³-hybridized carbons (Fsp3) is 0.409. The lowest BCUT2D eigenvalue weighted by atomic mass is 10.0. The quantitative estimate of drug-likeness (QED) is 0.778. The average molecular weight is 417 g/mol. The second-order valence-corrected chi connectivity index (χ2v) is 9.66. The summed E-state index contributed by atoms with van der Waals surface area (Å²) in [6.07, 6.45) is 1.94. The van der Waals surface area contributed by atoms with Crippen LogP contribution in [-0.4, -0.2) is 38.3 Å². The molecule has 2 aromatic rings. The zero-order valence-electron chi connectivity index (χ0n) is 17.1. The minimum absolute atomic E-state index is 0.117. The standard InChI is InChI=1S/C22H28N2O4S/c1-16-5-4-12-24(14-16)29(26,27)21-10-7-19(8-11-21)23-22(25)15-28-20-9-6-17(2)18(3)13-20/h6-11,13,16H,4-5,12,14-15H2,1-3H3,(H,23,25). The first kappa shape index (κ1) is 21.3. The van der Waals surface area contributed by atoms with Crippen LogP contribution in [0.1, 0.15) is 30.9 Å². The van der Waals surface area contributed by atoms with Gasteiger partial charge in [0.15, 0.2) is 6.61 Å². The number of nitrogens with one attached hydrogen (secondary N) is 1. The molecule has 0 saturated carbocycles. The molecular weight excluding hydrogens is 388 g/mol. The largest absolute Gasteiger partial charge is 0.484 e. The number of hydrogen-bond donors (Lipinski definition) is 1. The number of sulfonamides is 1. The van der Waals surface area contributed by atoms with E-state index in [0.717, 1.165) is 24.0 Å². The van der Waals surface area contributed by atoms with Gasteiger partial charge >= 0.3 is 0 Å². The molecule has 7 heteroatoms. The normalized spacial score (nSPS) is 17.7. The molecule has 0 aromatic heterocycles. The summed E-state index contributed by atoms with van der Waals surface area (Å²) in [4.78, 5) is 12.4. The first-order valence-electron chi connectivity index (χ1n) is 9.86. The van der Waals surface area contributed by atoms with Gasteiger partial charge in [-0.3, -0.25) is 4.79 Å². The molecule has 1 saturated heterocycles. The van der Waals surface area contributed by atoms with Gasteiger partial charge in [0, 0.05) is 18.8 Å². The van der Waals surface area contributed by atoms with Crippen molar-refractivity contribution in [1.29, 1.82) is 0 Å². The Bertz CT molecular complexity index is 971. The van der Waals surface area contributed by atoms with Crippen molar-refractivity contribution in [3.8, 4) is 5.75 Å². The fourth-order valence-electron chi connectivity index (χ4n) is 3.37. The summed E-state index contributed by atoms with van der Waals surface area (Å²) in [6.45, 7) is 7.07. The summed E-state index contributed by atoms with van der Waals surface area (Å²) in [5, 5.41) is 2.73. The highest BCUT2D eigenvalue weighted by Gasteiger charge is 2.28. The molecule has 0 bridgehead atoms. The van der Waals surface area contributed by atoms with Crippen LogP contribution in [0, 0.1) is 19.8 Å². The van der Waals surface area contributed by atoms with Crippen molar-refractivity contribution in [3.63, 3.8) is 0 Å². The fourth-order valence-corrected chi connectivity index (χ4v) is 4.97. The molecule has 0 radical (unpaired) electrons. The summed E-state index contributed by atoms with van der Waals surface area (Å²) in [5.41, 5.74) is 2.79. The molecule has 6 nitrogen and oxygen atoms in total. The maximum absolute atomic E-state index is 12.8. The van der Waals surface area contributed by atoms with Crippen molar-refractivity contribution in [1.82, 2.24) is 4.31 Å². The van der Waals surface area contributed by atoms with Crippen LogP contribution in [0.4, 0.5) is 5.69 Å². The van der Waals surface area contributed by atoms with Crippen LogP contribution in [0.25, 0.3) is 0 Å². The zero-order chi connectivity index (χ0) is 21.0. The van der Waals surface area contributed by atoms with Gasteiger partial charge in [-0.25, -0.2) is 8.42 Å². The van der Waals surface area contributed by atoms with Crippen molar-refractivity contribution in [2.45, 2.75) is 38.5 Å². The van der Waals surface area contributed by atoms with Crippen LogP contribution in [-0.2, 0) is 14.8 Å². The van der Waals surface area contributed by atoms with Gasteiger partial charge in [0.05, 0.1) is 4.90 Å². The van der Waals surface area contributed by atoms with Crippen LogP contribution < -0.4 is 10.1 Å². The van der Waals surface area contributed by atoms with E-state index in [1.165, 1.54) is 12.1 Å². The molecule has 0 aliphatic carbocycles. The maximum Gasteiger partial charge on any atom is 0.262 e. The minimum atomic E-state index is -3.50. The minimum Gasteiger partial charge on any atom is -0.484 e. The van der Waals surface area contributed by atoms with Gasteiger partial charge in [0.25, 0.3) is 5.91 Å². The molecule has 1 unspecified atom stereocenters. The molecule has 1 aliphatic heterocycles. The van der Waals surface area contributed by atoms with E-state index >= 15 is 0 Å². The van der Waals surface area contributed by atoms with Crippen LogP contribution in [0.2, 0.25) is 0 Å². The number of amides is 1. The van der Waals surface area contributed by atoms with Gasteiger partial charge < -0.3 is 10.1 Å². The third-order valence-corrected chi connectivity index (χ3v) is 7.12. The Labute approximate surface area is 172 Å². The molecule has 1 heterocycles. The predicted octanol–water partition coefficient (Wildman–Crippen LogP) is 3.74. The molecule has 2 aromatic carbocycles. The smallest absolute Gasteiger partial charge is 0.262 e. The molecule has 1 fully saturated rings. The zero-order valence-corrected chi connectivity index (χ0v) is 18.0. The summed E-state index contributed by atoms with van der Waals surface area (Å²) in [7, 11) is -3.50. The van der Waals surface area contributed by atoms with Crippen molar-refractivity contribution in [3.05, 3.63) is 53.6 Å². The Morgan fingerprint density at radius 1 is 1.14 bits per heavy atom. The Morgan fingerprint density at radius 3 is 2.52 bits per heavy atom. The van der Waals surface area contributed by atoms with Crippen LogP contribution in [0.3, 0.4) is 0 Å². The average Bonchev–Trinajstić information content (AvgIpc) is 2.69. The van der Waals surface area contributed by atoms with Gasteiger partial charge in [-0.15, -0.1) is 0 Å². The first-order valence-corrected chi connectivity index (χ1v) is 11.3. The number of benzene rings is 2. The number of piperidine rings is 1. The van der Waals surface area contributed by atoms with E-state index in [-0.39, 0.29) is 17.4 Å². The van der Waals surface area contributed by atoms with E-state index in [1.54, 1.807) is 16.4 Å². The van der Waals surface area contributed by atoms with Crippen LogP contribution >= 0.6 is 0 Å². The number of rotatable bonds is 6. The third kappa shape index (κ3) is 5.36. The molecule has 1 N–H and O–H groups in total. The maximum atomic E-state index is 12.8. The number of aryl methyl sites for hydroxylation is 2. The molecule has 1 aliphatic rings.